The monoisotopic (exact) mass is 371 g/mol. The van der Waals surface area contributed by atoms with E-state index < -0.39 is 5.91 Å². The van der Waals surface area contributed by atoms with Crippen LogP contribution >= 0.6 is 0 Å². The van der Waals surface area contributed by atoms with E-state index in [0.29, 0.717) is 6.04 Å². The van der Waals surface area contributed by atoms with E-state index in [9.17, 15) is 9.18 Å². The van der Waals surface area contributed by atoms with E-state index in [4.69, 9.17) is 5.73 Å². The molecule has 2 atom stereocenters. The van der Waals surface area contributed by atoms with Gasteiger partial charge in [-0.15, -0.1) is 0 Å². The summed E-state index contributed by atoms with van der Waals surface area (Å²) >= 11 is 0. The van der Waals surface area contributed by atoms with Crippen molar-refractivity contribution in [2.24, 2.45) is 5.73 Å². The Balaban J connectivity index is 1.64. The Labute approximate surface area is 159 Å². The maximum Gasteiger partial charge on any atom is 0.286 e. The van der Waals surface area contributed by atoms with Crippen LogP contribution in [-0.4, -0.2) is 41.0 Å². The first-order valence-electron chi connectivity index (χ1n) is 9.24. The van der Waals surface area contributed by atoms with E-state index >= 15 is 0 Å². The number of primary amides is 1. The summed E-state index contributed by atoms with van der Waals surface area (Å²) in [6.45, 7) is 7.57. The van der Waals surface area contributed by atoms with Gasteiger partial charge in [0.05, 0.1) is 0 Å². The Morgan fingerprint density at radius 2 is 2.19 bits per heavy atom. The molecule has 1 aromatic heterocycles. The minimum absolute atomic E-state index is 0.0592. The maximum atomic E-state index is 13.3. The lowest BCUT2D eigenvalue weighted by molar-refractivity contribution is 0.0990. The average Bonchev–Trinajstić information content (AvgIpc) is 3.05. The van der Waals surface area contributed by atoms with Gasteiger partial charge in [-0.1, -0.05) is 12.1 Å². The standard InChI is InChI=1S/C20H26FN5O/c1-12(9-15-5-4-6-16(21)10-15)23-17-7-8-26(11-17)20-13(2)14(3)24-19(25-20)18(22)27/h4-6,10,12,17,23H,7-9,11H2,1-3H3,(H2,22,27)/t12?,17-/m1/s1. The predicted octanol–water partition coefficient (Wildman–Crippen LogP) is 2.13. The molecule has 6 nitrogen and oxygen atoms in total. The summed E-state index contributed by atoms with van der Waals surface area (Å²) in [6.07, 6.45) is 1.74. The van der Waals surface area contributed by atoms with E-state index in [0.717, 1.165) is 48.6 Å². The quantitative estimate of drug-likeness (QED) is 0.813. The third kappa shape index (κ3) is 4.60. The molecule has 1 aromatic carbocycles. The fraction of sp³-hybridized carbons (Fsp3) is 0.450. The van der Waals surface area contributed by atoms with Crippen molar-refractivity contribution < 1.29 is 9.18 Å². The van der Waals surface area contributed by atoms with Gasteiger partial charge in [-0.2, -0.15) is 0 Å². The molecule has 1 unspecified atom stereocenters. The summed E-state index contributed by atoms with van der Waals surface area (Å²) in [6, 6.07) is 7.26. The Morgan fingerprint density at radius 1 is 1.41 bits per heavy atom. The van der Waals surface area contributed by atoms with E-state index in [1.54, 1.807) is 12.1 Å². The van der Waals surface area contributed by atoms with Gasteiger partial charge in [0.1, 0.15) is 11.6 Å². The van der Waals surface area contributed by atoms with Crippen LogP contribution in [0, 0.1) is 19.7 Å². The first-order chi connectivity index (χ1) is 12.8. The number of anilines is 1. The van der Waals surface area contributed by atoms with Crippen LogP contribution in [0.25, 0.3) is 0 Å². The summed E-state index contributed by atoms with van der Waals surface area (Å²) in [4.78, 5) is 22.2. The zero-order chi connectivity index (χ0) is 19.6. The van der Waals surface area contributed by atoms with Crippen LogP contribution < -0.4 is 16.0 Å². The molecule has 3 N–H and O–H groups in total. The molecule has 0 saturated carbocycles. The Bertz CT molecular complexity index is 841. The topological polar surface area (TPSA) is 84.1 Å². The van der Waals surface area contributed by atoms with Gasteiger partial charge in [0.25, 0.3) is 5.91 Å². The van der Waals surface area contributed by atoms with Crippen molar-refractivity contribution in [3.8, 4) is 0 Å². The van der Waals surface area contributed by atoms with Crippen LogP contribution in [0.3, 0.4) is 0 Å². The third-order valence-corrected chi connectivity index (χ3v) is 5.02. The number of nitrogens with zero attached hydrogens (tertiary/aromatic N) is 3. The van der Waals surface area contributed by atoms with E-state index in [2.05, 4.69) is 27.1 Å². The number of rotatable bonds is 6. The van der Waals surface area contributed by atoms with E-state index in [1.807, 2.05) is 19.9 Å². The number of nitrogens with two attached hydrogens (primary N) is 1. The number of hydrogen-bond donors (Lipinski definition) is 2. The molecule has 1 amide bonds. The lowest BCUT2D eigenvalue weighted by Crippen LogP contribution is -2.40. The van der Waals surface area contributed by atoms with Crippen LogP contribution in [0.1, 0.15) is 40.8 Å². The van der Waals surface area contributed by atoms with Gasteiger partial charge in [-0.05, 0) is 51.3 Å². The molecule has 2 aromatic rings. The summed E-state index contributed by atoms with van der Waals surface area (Å²) in [5.74, 6) is 0.0194. The van der Waals surface area contributed by atoms with Crippen LogP contribution in [-0.2, 0) is 6.42 Å². The minimum atomic E-state index is -0.614. The number of halogens is 1. The molecule has 1 saturated heterocycles. The van der Waals surface area contributed by atoms with E-state index in [1.165, 1.54) is 6.07 Å². The van der Waals surface area contributed by atoms with Crippen molar-refractivity contribution in [1.29, 1.82) is 0 Å². The second-order valence-electron chi connectivity index (χ2n) is 7.28. The highest BCUT2D eigenvalue weighted by atomic mass is 19.1. The molecule has 0 radical (unpaired) electrons. The zero-order valence-electron chi connectivity index (χ0n) is 16.0. The highest BCUT2D eigenvalue weighted by molar-refractivity contribution is 5.89. The second-order valence-corrected chi connectivity index (χ2v) is 7.28. The largest absolute Gasteiger partial charge is 0.363 e. The van der Waals surface area contributed by atoms with Crippen LogP contribution in [0.2, 0.25) is 0 Å². The van der Waals surface area contributed by atoms with Gasteiger partial charge < -0.3 is 16.0 Å². The lowest BCUT2D eigenvalue weighted by Gasteiger charge is -2.23. The van der Waals surface area contributed by atoms with Crippen LogP contribution in [0.5, 0.6) is 0 Å². The molecule has 1 aliphatic heterocycles. The van der Waals surface area contributed by atoms with Gasteiger partial charge in [0.2, 0.25) is 5.82 Å². The van der Waals surface area contributed by atoms with Crippen molar-refractivity contribution in [3.05, 3.63) is 52.7 Å². The molecular weight excluding hydrogens is 345 g/mol. The van der Waals surface area contributed by atoms with Crippen molar-refractivity contribution in [1.82, 2.24) is 15.3 Å². The summed E-state index contributed by atoms with van der Waals surface area (Å²) < 4.78 is 13.3. The summed E-state index contributed by atoms with van der Waals surface area (Å²) in [5.41, 5.74) is 8.07. The lowest BCUT2D eigenvalue weighted by atomic mass is 10.1. The number of aromatic nitrogens is 2. The van der Waals surface area contributed by atoms with Gasteiger partial charge in [0.15, 0.2) is 0 Å². The maximum absolute atomic E-state index is 13.3. The van der Waals surface area contributed by atoms with Crippen molar-refractivity contribution in [3.63, 3.8) is 0 Å². The first-order valence-corrected chi connectivity index (χ1v) is 9.24. The molecule has 1 fully saturated rings. The molecule has 7 heteroatoms. The van der Waals surface area contributed by atoms with Gasteiger partial charge in [0, 0.05) is 36.4 Å². The van der Waals surface area contributed by atoms with Gasteiger partial charge >= 0.3 is 0 Å². The Kier molecular flexibility index (Phi) is 5.70. The molecule has 144 valence electrons. The minimum Gasteiger partial charge on any atom is -0.363 e. The Hall–Kier alpha value is -2.54. The van der Waals surface area contributed by atoms with Crippen molar-refractivity contribution in [2.45, 2.75) is 45.7 Å². The van der Waals surface area contributed by atoms with Crippen molar-refractivity contribution in [2.75, 3.05) is 18.0 Å². The SMILES string of the molecule is Cc1nc(C(N)=O)nc(N2CC[C@@H](NC(C)Cc3cccc(F)c3)C2)c1C. The van der Waals surface area contributed by atoms with Gasteiger partial charge in [-0.3, -0.25) is 4.79 Å². The smallest absolute Gasteiger partial charge is 0.286 e. The molecule has 3 rings (SSSR count). The van der Waals surface area contributed by atoms with E-state index in [-0.39, 0.29) is 17.7 Å². The number of amides is 1. The predicted molar refractivity (Wildman–Crippen MR) is 103 cm³/mol. The number of benzene rings is 1. The number of hydrogen-bond acceptors (Lipinski definition) is 5. The molecule has 0 spiro atoms. The normalized spacial score (nSPS) is 17.9. The second kappa shape index (κ2) is 8.00. The summed E-state index contributed by atoms with van der Waals surface area (Å²) in [5, 5.41) is 3.62. The molecule has 0 aliphatic carbocycles. The third-order valence-electron chi connectivity index (χ3n) is 5.02. The fourth-order valence-corrected chi connectivity index (χ4v) is 3.60. The first kappa shape index (κ1) is 19.2. The number of carbonyl (C=O) groups excluding carboxylic acids is 1. The highest BCUT2D eigenvalue weighted by Crippen LogP contribution is 2.24. The molecule has 2 heterocycles. The van der Waals surface area contributed by atoms with Crippen LogP contribution in [0.15, 0.2) is 24.3 Å². The van der Waals surface area contributed by atoms with Crippen LogP contribution in [0.4, 0.5) is 10.2 Å². The highest BCUT2D eigenvalue weighted by Gasteiger charge is 2.27. The van der Waals surface area contributed by atoms with Gasteiger partial charge in [-0.25, -0.2) is 14.4 Å². The van der Waals surface area contributed by atoms with Crippen molar-refractivity contribution >= 4 is 11.7 Å². The molecular formula is C20H26FN5O. The Morgan fingerprint density at radius 3 is 2.89 bits per heavy atom. The molecule has 1 aliphatic rings. The molecule has 0 bridgehead atoms. The molecule has 27 heavy (non-hydrogen) atoms. The fourth-order valence-electron chi connectivity index (χ4n) is 3.60. The number of aryl methyl sites for hydroxylation is 1. The average molecular weight is 371 g/mol. The number of nitrogens with one attached hydrogen (secondary N) is 1. The summed E-state index contributed by atoms with van der Waals surface area (Å²) in [7, 11) is 0. The zero-order valence-corrected chi connectivity index (χ0v) is 16.0. The number of carbonyl (C=O) groups is 1.